The molecule has 1 aliphatic rings. The van der Waals surface area contributed by atoms with E-state index in [4.69, 9.17) is 14.9 Å². The number of nitrogens with one attached hydrogen (secondary N) is 1. The largest absolute Gasteiger partial charge is 0.460 e. The summed E-state index contributed by atoms with van der Waals surface area (Å²) >= 11 is 0. The van der Waals surface area contributed by atoms with Crippen molar-refractivity contribution >= 4 is 23.0 Å². The Morgan fingerprint density at radius 3 is 2.70 bits per heavy atom. The van der Waals surface area contributed by atoms with Crippen LogP contribution in [0.1, 0.15) is 24.0 Å². The minimum absolute atomic E-state index is 0.456. The average molecular weight is 406 g/mol. The molecule has 0 aliphatic carbocycles. The highest BCUT2D eigenvalue weighted by atomic mass is 16.5. The van der Waals surface area contributed by atoms with E-state index >= 15 is 0 Å². The summed E-state index contributed by atoms with van der Waals surface area (Å²) in [5, 5.41) is 8.64. The Morgan fingerprint density at radius 1 is 1.13 bits per heavy atom. The van der Waals surface area contributed by atoms with Crippen molar-refractivity contribution in [3.63, 3.8) is 0 Å². The number of nitrogens with zero attached hydrogens (tertiary/aromatic N) is 3. The summed E-state index contributed by atoms with van der Waals surface area (Å²) in [6.07, 6.45) is 5.44. The van der Waals surface area contributed by atoms with Crippen molar-refractivity contribution in [3.8, 4) is 6.01 Å². The average Bonchev–Trinajstić information content (AvgIpc) is 3.42. The lowest BCUT2D eigenvalue weighted by Gasteiger charge is -2.16. The molecule has 7 nitrogen and oxygen atoms in total. The van der Waals surface area contributed by atoms with Crippen LogP contribution in [0.25, 0.3) is 17.1 Å². The van der Waals surface area contributed by atoms with E-state index in [0.29, 0.717) is 12.6 Å². The predicted molar refractivity (Wildman–Crippen MR) is 115 cm³/mol. The van der Waals surface area contributed by atoms with E-state index in [1.54, 1.807) is 11.6 Å². The van der Waals surface area contributed by atoms with Crippen LogP contribution in [-0.4, -0.2) is 45.2 Å². The maximum atomic E-state index is 11.2. The van der Waals surface area contributed by atoms with Crippen LogP contribution >= 0.6 is 0 Å². The molecule has 30 heavy (non-hydrogen) atoms. The van der Waals surface area contributed by atoms with Gasteiger partial charge in [0, 0.05) is 19.2 Å². The number of hydroxylamine groups is 1. The molecule has 0 atom stereocenters. The number of hydrogen-bond acceptors (Lipinski definition) is 5. The molecule has 0 spiro atoms. The van der Waals surface area contributed by atoms with Crippen molar-refractivity contribution < 1.29 is 14.7 Å². The van der Waals surface area contributed by atoms with Gasteiger partial charge in [-0.05, 0) is 55.3 Å². The van der Waals surface area contributed by atoms with Crippen molar-refractivity contribution in [1.82, 2.24) is 19.9 Å². The first kappa shape index (κ1) is 20.1. The number of fused-ring (bicyclic) bond motifs is 1. The Kier molecular flexibility index (Phi) is 6.41. The van der Waals surface area contributed by atoms with Gasteiger partial charge in [-0.3, -0.25) is 14.6 Å². The molecule has 4 rings (SSSR count). The normalized spacial score (nSPS) is 14.6. The summed E-state index contributed by atoms with van der Waals surface area (Å²) in [4.78, 5) is 18.4. The molecule has 1 fully saturated rings. The number of imidazole rings is 1. The smallest absolute Gasteiger partial charge is 0.297 e. The first-order chi connectivity index (χ1) is 14.7. The summed E-state index contributed by atoms with van der Waals surface area (Å²) < 4.78 is 8.23. The van der Waals surface area contributed by atoms with Crippen molar-refractivity contribution in [3.05, 3.63) is 65.7 Å². The molecular formula is C23H26N4O3. The maximum Gasteiger partial charge on any atom is 0.297 e. The fourth-order valence-corrected chi connectivity index (χ4v) is 3.73. The first-order valence-corrected chi connectivity index (χ1v) is 10.2. The maximum absolute atomic E-state index is 11.2. The van der Waals surface area contributed by atoms with Crippen LogP contribution in [0.5, 0.6) is 6.01 Å². The van der Waals surface area contributed by atoms with Gasteiger partial charge in [0.1, 0.15) is 6.61 Å². The second-order valence-corrected chi connectivity index (χ2v) is 7.43. The van der Waals surface area contributed by atoms with Crippen LogP contribution in [-0.2, 0) is 17.9 Å². The highest BCUT2D eigenvalue weighted by molar-refractivity contribution is 5.91. The van der Waals surface area contributed by atoms with Crippen LogP contribution in [0.4, 0.5) is 0 Å². The van der Waals surface area contributed by atoms with Gasteiger partial charge in [-0.25, -0.2) is 5.48 Å². The SMILES string of the molecule is O=C(/C=C/c1ccc2c(c1)nc(OCc1ccccc1)n2CCN1CCCC1)NO. The van der Waals surface area contributed by atoms with Gasteiger partial charge >= 0.3 is 0 Å². The third-order valence-corrected chi connectivity index (χ3v) is 5.32. The summed E-state index contributed by atoms with van der Waals surface area (Å²) in [6.45, 7) is 4.52. The second-order valence-electron chi connectivity index (χ2n) is 7.43. The van der Waals surface area contributed by atoms with E-state index < -0.39 is 5.91 Å². The molecule has 1 saturated heterocycles. The Bertz CT molecular complexity index is 1020. The fourth-order valence-electron chi connectivity index (χ4n) is 3.73. The zero-order valence-electron chi connectivity index (χ0n) is 16.8. The fraction of sp³-hybridized carbons (Fsp3) is 0.304. The molecular weight excluding hydrogens is 380 g/mol. The van der Waals surface area contributed by atoms with Crippen LogP contribution in [0.3, 0.4) is 0 Å². The van der Waals surface area contributed by atoms with Gasteiger partial charge in [0.15, 0.2) is 0 Å². The molecule has 2 heterocycles. The summed E-state index contributed by atoms with van der Waals surface area (Å²) in [5.74, 6) is -0.571. The van der Waals surface area contributed by atoms with E-state index in [1.165, 1.54) is 18.9 Å². The van der Waals surface area contributed by atoms with E-state index in [-0.39, 0.29) is 0 Å². The number of rotatable bonds is 8. The third-order valence-electron chi connectivity index (χ3n) is 5.32. The lowest BCUT2D eigenvalue weighted by molar-refractivity contribution is -0.124. The van der Waals surface area contributed by atoms with E-state index in [0.717, 1.165) is 48.3 Å². The van der Waals surface area contributed by atoms with E-state index in [2.05, 4.69) is 9.47 Å². The molecule has 1 amide bonds. The van der Waals surface area contributed by atoms with Crippen molar-refractivity contribution in [2.75, 3.05) is 19.6 Å². The van der Waals surface area contributed by atoms with E-state index in [9.17, 15) is 4.79 Å². The van der Waals surface area contributed by atoms with Gasteiger partial charge in [-0.1, -0.05) is 36.4 Å². The van der Waals surface area contributed by atoms with Crippen molar-refractivity contribution in [2.45, 2.75) is 26.0 Å². The molecule has 0 bridgehead atoms. The number of carbonyl (C=O) groups is 1. The van der Waals surface area contributed by atoms with Crippen molar-refractivity contribution in [2.24, 2.45) is 0 Å². The monoisotopic (exact) mass is 406 g/mol. The van der Waals surface area contributed by atoms with Crippen molar-refractivity contribution in [1.29, 1.82) is 0 Å². The lowest BCUT2D eigenvalue weighted by atomic mass is 10.2. The van der Waals surface area contributed by atoms with Gasteiger partial charge in [0.25, 0.3) is 11.9 Å². The van der Waals surface area contributed by atoms with E-state index in [1.807, 2.05) is 48.5 Å². The Labute approximate surface area is 175 Å². The van der Waals surface area contributed by atoms with Gasteiger partial charge in [-0.15, -0.1) is 0 Å². The van der Waals surface area contributed by atoms with Gasteiger partial charge < -0.3 is 9.64 Å². The van der Waals surface area contributed by atoms with Crippen LogP contribution in [0, 0.1) is 0 Å². The quantitative estimate of drug-likeness (QED) is 0.341. The van der Waals surface area contributed by atoms with Gasteiger partial charge in [0.2, 0.25) is 0 Å². The molecule has 2 N–H and O–H groups in total. The molecule has 0 radical (unpaired) electrons. The standard InChI is InChI=1S/C23H26N4O3/c28-22(25-29)11-9-18-8-10-21-20(16-18)24-23(30-17-19-6-2-1-3-7-19)27(21)15-14-26-12-4-5-13-26/h1-3,6-11,16,29H,4-5,12-15,17H2,(H,25,28)/b11-9+. The molecule has 1 aliphatic heterocycles. The Morgan fingerprint density at radius 2 is 1.93 bits per heavy atom. The highest BCUT2D eigenvalue weighted by Crippen LogP contribution is 2.24. The molecule has 0 saturated carbocycles. The zero-order chi connectivity index (χ0) is 20.8. The summed E-state index contributed by atoms with van der Waals surface area (Å²) in [5.41, 5.74) is 5.32. The molecule has 1 aromatic heterocycles. The minimum Gasteiger partial charge on any atom is -0.460 e. The van der Waals surface area contributed by atoms with Crippen LogP contribution in [0.2, 0.25) is 0 Å². The first-order valence-electron chi connectivity index (χ1n) is 10.2. The zero-order valence-corrected chi connectivity index (χ0v) is 16.8. The third kappa shape index (κ3) is 4.87. The molecule has 156 valence electrons. The van der Waals surface area contributed by atoms with Gasteiger partial charge in [-0.2, -0.15) is 4.98 Å². The molecule has 2 aromatic carbocycles. The summed E-state index contributed by atoms with van der Waals surface area (Å²) in [7, 11) is 0. The molecule has 0 unspecified atom stereocenters. The topological polar surface area (TPSA) is 79.6 Å². The molecule has 7 heteroatoms. The number of carbonyl (C=O) groups excluding carboxylic acids is 1. The lowest BCUT2D eigenvalue weighted by Crippen LogP contribution is -2.24. The number of benzene rings is 2. The number of aromatic nitrogens is 2. The number of ether oxygens (including phenoxy) is 1. The molecule has 3 aromatic rings. The minimum atomic E-state index is -0.571. The Hall–Kier alpha value is -3.16. The Balaban J connectivity index is 1.59. The number of hydrogen-bond donors (Lipinski definition) is 2. The van der Waals surface area contributed by atoms with Gasteiger partial charge in [0.05, 0.1) is 11.0 Å². The van der Waals surface area contributed by atoms with Crippen LogP contribution < -0.4 is 10.2 Å². The van der Waals surface area contributed by atoms with Crippen LogP contribution in [0.15, 0.2) is 54.6 Å². The number of amides is 1. The highest BCUT2D eigenvalue weighted by Gasteiger charge is 2.16. The predicted octanol–water partition coefficient (Wildman–Crippen LogP) is 3.23. The second kappa shape index (κ2) is 9.56. The summed E-state index contributed by atoms with van der Waals surface area (Å²) in [6, 6.07) is 16.5. The number of likely N-dealkylation sites (tertiary alicyclic amines) is 1.